The third kappa shape index (κ3) is 1.99. The molecule has 2 heterocycles. The zero-order chi connectivity index (χ0) is 13.4. The summed E-state index contributed by atoms with van der Waals surface area (Å²) in [6, 6.07) is 8.94. The van der Waals surface area contributed by atoms with E-state index in [2.05, 4.69) is 15.0 Å². The van der Waals surface area contributed by atoms with Crippen LogP contribution in [-0.4, -0.2) is 20.1 Å². The third-order valence-corrected chi connectivity index (χ3v) is 2.71. The Labute approximate surface area is 106 Å². The molecular weight excluding hydrogens is 246 g/mol. The van der Waals surface area contributed by atoms with Crippen LogP contribution in [0.3, 0.4) is 0 Å². The Morgan fingerprint density at radius 3 is 2.68 bits per heavy atom. The molecule has 0 aliphatic heterocycles. The number of pyridine rings is 1. The zero-order valence-electron chi connectivity index (χ0n) is 9.68. The van der Waals surface area contributed by atoms with E-state index in [1.54, 1.807) is 18.2 Å². The van der Waals surface area contributed by atoms with Crippen LogP contribution in [0.15, 0.2) is 46.0 Å². The number of phenols is 1. The van der Waals surface area contributed by atoms with E-state index in [0.29, 0.717) is 16.6 Å². The molecule has 0 saturated heterocycles. The van der Waals surface area contributed by atoms with Gasteiger partial charge in [0.05, 0.1) is 16.6 Å². The lowest BCUT2D eigenvalue weighted by Gasteiger charge is -2.03. The molecule has 0 bridgehead atoms. The number of aromatic nitrogens is 3. The number of fused-ring (bicyclic) bond motifs is 1. The molecule has 1 aromatic carbocycles. The van der Waals surface area contributed by atoms with Gasteiger partial charge in [-0.15, -0.1) is 0 Å². The monoisotopic (exact) mass is 255 g/mol. The van der Waals surface area contributed by atoms with Crippen LogP contribution in [0.1, 0.15) is 0 Å². The molecule has 0 fully saturated rings. The fraction of sp³-hybridized carbons (Fsp3) is 0. The van der Waals surface area contributed by atoms with E-state index in [1.165, 1.54) is 18.2 Å². The first-order valence-electron chi connectivity index (χ1n) is 5.56. The maximum absolute atomic E-state index is 11.9. The second kappa shape index (κ2) is 4.09. The van der Waals surface area contributed by atoms with Crippen LogP contribution in [0.25, 0.3) is 22.4 Å². The minimum Gasteiger partial charge on any atom is -0.508 e. The van der Waals surface area contributed by atoms with Crippen LogP contribution in [0.5, 0.6) is 5.75 Å². The average Bonchev–Trinajstić information content (AvgIpc) is 2.39. The van der Waals surface area contributed by atoms with Crippen molar-refractivity contribution < 1.29 is 5.11 Å². The van der Waals surface area contributed by atoms with Crippen LogP contribution in [0.4, 0.5) is 0 Å². The molecule has 2 aromatic heterocycles. The number of rotatable bonds is 1. The van der Waals surface area contributed by atoms with Gasteiger partial charge in [-0.2, -0.15) is 0 Å². The number of nitrogens with zero attached hydrogens (tertiary/aromatic N) is 1. The molecule has 0 aliphatic rings. The van der Waals surface area contributed by atoms with Gasteiger partial charge in [-0.25, -0.2) is 4.98 Å². The molecule has 0 aliphatic carbocycles. The molecule has 0 saturated carbocycles. The first-order chi connectivity index (χ1) is 9.13. The lowest BCUT2D eigenvalue weighted by molar-refractivity contribution is 0.476. The van der Waals surface area contributed by atoms with Crippen molar-refractivity contribution in [3.05, 3.63) is 57.1 Å². The Morgan fingerprint density at radius 1 is 1.05 bits per heavy atom. The lowest BCUT2D eigenvalue weighted by atomic mass is 10.2. The molecular formula is C13H9N3O3. The van der Waals surface area contributed by atoms with E-state index < -0.39 is 0 Å². The smallest absolute Gasteiger partial charge is 0.259 e. The summed E-state index contributed by atoms with van der Waals surface area (Å²) in [4.78, 5) is 32.6. The quantitative estimate of drug-likeness (QED) is 0.603. The molecule has 0 unspecified atom stereocenters. The molecule has 3 rings (SSSR count). The fourth-order valence-corrected chi connectivity index (χ4v) is 1.84. The fourth-order valence-electron chi connectivity index (χ4n) is 1.84. The Morgan fingerprint density at radius 2 is 1.89 bits per heavy atom. The van der Waals surface area contributed by atoms with E-state index in [1.807, 2.05) is 0 Å². The molecule has 0 spiro atoms. The number of aromatic hydroxyl groups is 1. The highest BCUT2D eigenvalue weighted by atomic mass is 16.3. The van der Waals surface area contributed by atoms with Gasteiger partial charge in [-0.05, 0) is 24.3 Å². The number of aromatic amines is 2. The second-order valence-corrected chi connectivity index (χ2v) is 4.04. The lowest BCUT2D eigenvalue weighted by Crippen LogP contribution is -2.12. The summed E-state index contributed by atoms with van der Waals surface area (Å²) in [7, 11) is 0. The van der Waals surface area contributed by atoms with Crippen molar-refractivity contribution in [3.63, 3.8) is 0 Å². The molecule has 0 radical (unpaired) electrons. The number of benzene rings is 1. The summed E-state index contributed by atoms with van der Waals surface area (Å²) < 4.78 is 0. The normalized spacial score (nSPS) is 10.7. The second-order valence-electron chi connectivity index (χ2n) is 4.04. The van der Waals surface area contributed by atoms with Crippen LogP contribution in [0, 0.1) is 0 Å². The van der Waals surface area contributed by atoms with Gasteiger partial charge in [-0.3, -0.25) is 9.59 Å². The topological polar surface area (TPSA) is 98.8 Å². The number of H-pyrrole nitrogens is 2. The minimum absolute atomic E-state index is 0.000619. The molecule has 6 heteroatoms. The molecule has 3 aromatic rings. The van der Waals surface area contributed by atoms with Crippen LogP contribution in [-0.2, 0) is 0 Å². The summed E-state index contributed by atoms with van der Waals surface area (Å²) in [5.41, 5.74) is 0.229. The van der Waals surface area contributed by atoms with Gasteiger partial charge in [0.15, 0.2) is 5.82 Å². The summed E-state index contributed by atoms with van der Waals surface area (Å²) in [6.07, 6.45) is 0. The highest BCUT2D eigenvalue weighted by Gasteiger charge is 2.07. The molecule has 94 valence electrons. The van der Waals surface area contributed by atoms with Crippen molar-refractivity contribution in [1.82, 2.24) is 15.0 Å². The maximum Gasteiger partial charge on any atom is 0.259 e. The Balaban J connectivity index is 2.30. The highest BCUT2D eigenvalue weighted by Crippen LogP contribution is 2.17. The van der Waals surface area contributed by atoms with Gasteiger partial charge in [0.25, 0.3) is 5.56 Å². The van der Waals surface area contributed by atoms with Crippen LogP contribution < -0.4 is 11.1 Å². The van der Waals surface area contributed by atoms with Crippen molar-refractivity contribution in [3.8, 4) is 17.3 Å². The van der Waals surface area contributed by atoms with E-state index in [9.17, 15) is 14.7 Å². The van der Waals surface area contributed by atoms with Crippen LogP contribution >= 0.6 is 0 Å². The average molecular weight is 255 g/mol. The standard InChI is InChI=1S/C13H9N3O3/c17-7-4-5-9-8(6-7)13(19)16-12(15-9)10-2-1-3-11(18)14-10/h1-6,17H,(H,14,18)(H,15,16,19). The Hall–Kier alpha value is -2.89. The Bertz CT molecular complexity index is 880. The zero-order valence-corrected chi connectivity index (χ0v) is 9.68. The van der Waals surface area contributed by atoms with E-state index in [0.717, 1.165) is 0 Å². The van der Waals surface area contributed by atoms with Crippen molar-refractivity contribution in [2.24, 2.45) is 0 Å². The van der Waals surface area contributed by atoms with Crippen molar-refractivity contribution >= 4 is 10.9 Å². The van der Waals surface area contributed by atoms with Crippen molar-refractivity contribution in [2.75, 3.05) is 0 Å². The highest BCUT2D eigenvalue weighted by molar-refractivity contribution is 5.80. The SMILES string of the molecule is O=c1cccc(-c2nc3ccc(O)cc3c(=O)[nH]2)[nH]1. The van der Waals surface area contributed by atoms with Crippen molar-refractivity contribution in [2.45, 2.75) is 0 Å². The number of hydrogen-bond donors (Lipinski definition) is 3. The molecule has 0 amide bonds. The molecule has 6 nitrogen and oxygen atoms in total. The summed E-state index contributed by atoms with van der Waals surface area (Å²) in [6.45, 7) is 0. The predicted octanol–water partition coefficient (Wildman–Crippen LogP) is 0.984. The van der Waals surface area contributed by atoms with E-state index in [-0.39, 0.29) is 22.7 Å². The molecule has 3 N–H and O–H groups in total. The minimum atomic E-state index is -0.374. The largest absolute Gasteiger partial charge is 0.508 e. The van der Waals surface area contributed by atoms with Crippen molar-refractivity contribution in [1.29, 1.82) is 0 Å². The van der Waals surface area contributed by atoms with E-state index >= 15 is 0 Å². The number of hydrogen-bond acceptors (Lipinski definition) is 4. The van der Waals surface area contributed by atoms with Crippen LogP contribution in [0.2, 0.25) is 0 Å². The first kappa shape index (κ1) is 11.2. The summed E-state index contributed by atoms with van der Waals surface area (Å²) in [5.74, 6) is 0.279. The third-order valence-electron chi connectivity index (χ3n) is 2.71. The summed E-state index contributed by atoms with van der Waals surface area (Å²) in [5, 5.41) is 9.64. The van der Waals surface area contributed by atoms with Gasteiger partial charge in [0.2, 0.25) is 5.56 Å². The molecule has 19 heavy (non-hydrogen) atoms. The van der Waals surface area contributed by atoms with Gasteiger partial charge < -0.3 is 15.1 Å². The maximum atomic E-state index is 11.9. The number of phenolic OH excluding ortho intramolecular Hbond substituents is 1. The summed E-state index contributed by atoms with van der Waals surface area (Å²) >= 11 is 0. The van der Waals surface area contributed by atoms with Gasteiger partial charge in [-0.1, -0.05) is 6.07 Å². The van der Waals surface area contributed by atoms with Gasteiger partial charge in [0.1, 0.15) is 5.75 Å². The van der Waals surface area contributed by atoms with E-state index in [4.69, 9.17) is 0 Å². The Kier molecular flexibility index (Phi) is 2.42. The number of nitrogens with one attached hydrogen (secondary N) is 2. The van der Waals surface area contributed by atoms with Gasteiger partial charge in [0, 0.05) is 6.07 Å². The molecule has 0 atom stereocenters. The first-order valence-corrected chi connectivity index (χ1v) is 5.56. The predicted molar refractivity (Wildman–Crippen MR) is 70.1 cm³/mol. The van der Waals surface area contributed by atoms with Gasteiger partial charge >= 0.3 is 0 Å².